The summed E-state index contributed by atoms with van der Waals surface area (Å²) in [5, 5.41) is 16.3. The molecule has 2 aliphatic heterocycles. The van der Waals surface area contributed by atoms with Crippen LogP contribution in [0.15, 0.2) is 54.7 Å². The Kier molecular flexibility index (Phi) is 7.07. The fourth-order valence-electron chi connectivity index (χ4n) is 4.50. The molecular formula is C27H31N7O. The van der Waals surface area contributed by atoms with Crippen molar-refractivity contribution in [2.45, 2.75) is 18.9 Å². The van der Waals surface area contributed by atoms with Gasteiger partial charge in [0.15, 0.2) is 0 Å². The van der Waals surface area contributed by atoms with Gasteiger partial charge in [-0.25, -0.2) is 9.97 Å². The zero-order valence-corrected chi connectivity index (χ0v) is 20.1. The van der Waals surface area contributed by atoms with Crippen molar-refractivity contribution in [2.75, 3.05) is 56.5 Å². The van der Waals surface area contributed by atoms with Crippen LogP contribution in [0.25, 0.3) is 11.3 Å². The lowest BCUT2D eigenvalue weighted by Crippen LogP contribution is -2.44. The van der Waals surface area contributed by atoms with E-state index in [1.54, 1.807) is 6.20 Å². The van der Waals surface area contributed by atoms with Gasteiger partial charge in [0.1, 0.15) is 17.9 Å². The topological polar surface area (TPSA) is 89.3 Å². The number of nitriles is 1. The number of piperazine rings is 1. The van der Waals surface area contributed by atoms with Gasteiger partial charge < -0.3 is 25.2 Å². The number of likely N-dealkylation sites (N-methyl/N-ethyl adjacent to an activating group) is 1. The maximum Gasteiger partial charge on any atom is 0.227 e. The van der Waals surface area contributed by atoms with Crippen LogP contribution in [0.2, 0.25) is 0 Å². The first-order chi connectivity index (χ1) is 17.2. The first-order valence-electron chi connectivity index (χ1n) is 12.2. The van der Waals surface area contributed by atoms with E-state index in [2.05, 4.69) is 67.8 Å². The van der Waals surface area contributed by atoms with E-state index in [9.17, 15) is 5.26 Å². The Balaban J connectivity index is 1.27. The zero-order chi connectivity index (χ0) is 24.0. The summed E-state index contributed by atoms with van der Waals surface area (Å²) < 4.78 is 6.12. The molecule has 2 fully saturated rings. The van der Waals surface area contributed by atoms with E-state index >= 15 is 0 Å². The summed E-state index contributed by atoms with van der Waals surface area (Å²) in [4.78, 5) is 13.8. The van der Waals surface area contributed by atoms with Crippen LogP contribution in [0.3, 0.4) is 0 Å². The van der Waals surface area contributed by atoms with E-state index in [1.165, 1.54) is 5.69 Å². The van der Waals surface area contributed by atoms with Crippen molar-refractivity contribution in [2.24, 2.45) is 0 Å². The Bertz CT molecular complexity index is 1180. The molecule has 0 amide bonds. The normalized spacial score (nSPS) is 17.1. The van der Waals surface area contributed by atoms with Crippen LogP contribution in [0, 0.1) is 11.3 Å². The molecule has 2 aromatic carbocycles. The lowest BCUT2D eigenvalue weighted by Gasteiger charge is -2.34. The number of nitrogens with one attached hydrogen (secondary N) is 2. The Hall–Kier alpha value is -3.67. The predicted molar refractivity (Wildman–Crippen MR) is 138 cm³/mol. The molecule has 3 aromatic rings. The highest BCUT2D eigenvalue weighted by atomic mass is 16.5. The van der Waals surface area contributed by atoms with E-state index in [0.29, 0.717) is 17.3 Å². The SMILES string of the molecule is CN1CCN(c2ccc(Nc3nccc(-c4ccc(OC5CCNCC5)c(C#N)c4)n3)cc2)CC1. The summed E-state index contributed by atoms with van der Waals surface area (Å²) in [6.45, 7) is 6.14. The van der Waals surface area contributed by atoms with Gasteiger partial charge in [-0.05, 0) is 81.5 Å². The minimum absolute atomic E-state index is 0.145. The molecule has 180 valence electrons. The van der Waals surface area contributed by atoms with Crippen molar-refractivity contribution in [3.8, 4) is 23.1 Å². The predicted octanol–water partition coefficient (Wildman–Crippen LogP) is 3.64. The summed E-state index contributed by atoms with van der Waals surface area (Å²) in [6.07, 6.45) is 3.77. The van der Waals surface area contributed by atoms with Crippen LogP contribution in [0.5, 0.6) is 5.75 Å². The van der Waals surface area contributed by atoms with Crippen molar-refractivity contribution in [1.29, 1.82) is 5.26 Å². The number of nitrogens with zero attached hydrogens (tertiary/aromatic N) is 5. The molecule has 0 spiro atoms. The number of hydrogen-bond acceptors (Lipinski definition) is 8. The summed E-state index contributed by atoms with van der Waals surface area (Å²) in [5.41, 5.74) is 4.29. The smallest absolute Gasteiger partial charge is 0.227 e. The molecule has 2 saturated heterocycles. The number of ether oxygens (including phenoxy) is 1. The summed E-state index contributed by atoms with van der Waals surface area (Å²) in [5.74, 6) is 1.15. The van der Waals surface area contributed by atoms with Gasteiger partial charge in [-0.3, -0.25) is 0 Å². The second-order valence-corrected chi connectivity index (χ2v) is 9.12. The Labute approximate surface area is 206 Å². The lowest BCUT2D eigenvalue weighted by molar-refractivity contribution is 0.162. The molecule has 0 bridgehead atoms. The van der Waals surface area contributed by atoms with E-state index in [0.717, 1.165) is 69.1 Å². The third-order valence-corrected chi connectivity index (χ3v) is 6.62. The minimum atomic E-state index is 0.145. The third-order valence-electron chi connectivity index (χ3n) is 6.62. The van der Waals surface area contributed by atoms with E-state index in [-0.39, 0.29) is 6.10 Å². The average Bonchev–Trinajstić information content (AvgIpc) is 2.91. The van der Waals surface area contributed by atoms with Gasteiger partial charge in [-0.1, -0.05) is 0 Å². The van der Waals surface area contributed by atoms with Crippen LogP contribution < -0.4 is 20.3 Å². The molecule has 5 rings (SSSR count). The van der Waals surface area contributed by atoms with Crippen LogP contribution in [-0.4, -0.2) is 67.3 Å². The zero-order valence-electron chi connectivity index (χ0n) is 20.1. The molecule has 0 radical (unpaired) electrons. The standard InChI is InChI=1S/C27H31N7O/c1-33-14-16-34(17-15-33)23-5-3-22(4-6-23)31-27-30-13-10-25(32-27)20-2-7-26(21(18-20)19-28)35-24-8-11-29-12-9-24/h2-7,10,13,18,24,29H,8-9,11-12,14-17H2,1H3,(H,30,31,32). The number of piperidine rings is 1. The molecule has 0 saturated carbocycles. The Morgan fingerprint density at radius 1 is 1.03 bits per heavy atom. The number of hydrogen-bond donors (Lipinski definition) is 2. The van der Waals surface area contributed by atoms with Crippen molar-refractivity contribution >= 4 is 17.3 Å². The largest absolute Gasteiger partial charge is 0.489 e. The molecule has 1 aromatic heterocycles. The van der Waals surface area contributed by atoms with Gasteiger partial charge in [0, 0.05) is 49.3 Å². The quantitative estimate of drug-likeness (QED) is 0.566. The highest BCUT2D eigenvalue weighted by molar-refractivity contribution is 5.66. The second kappa shape index (κ2) is 10.7. The monoisotopic (exact) mass is 469 g/mol. The van der Waals surface area contributed by atoms with Crippen molar-refractivity contribution < 1.29 is 4.74 Å². The fraction of sp³-hybridized carbons (Fsp3) is 0.370. The van der Waals surface area contributed by atoms with Crippen LogP contribution in [-0.2, 0) is 0 Å². The fourth-order valence-corrected chi connectivity index (χ4v) is 4.50. The Morgan fingerprint density at radius 3 is 2.54 bits per heavy atom. The van der Waals surface area contributed by atoms with Crippen LogP contribution >= 0.6 is 0 Å². The maximum atomic E-state index is 9.70. The average molecular weight is 470 g/mol. The number of aromatic nitrogens is 2. The summed E-state index contributed by atoms with van der Waals surface area (Å²) >= 11 is 0. The van der Waals surface area contributed by atoms with Crippen molar-refractivity contribution in [3.63, 3.8) is 0 Å². The third kappa shape index (κ3) is 5.70. The second-order valence-electron chi connectivity index (χ2n) is 9.12. The molecular weight excluding hydrogens is 438 g/mol. The summed E-state index contributed by atoms with van der Waals surface area (Å²) in [6, 6.07) is 18.2. The molecule has 0 atom stereocenters. The van der Waals surface area contributed by atoms with E-state index in [1.807, 2.05) is 24.3 Å². The molecule has 2 N–H and O–H groups in total. The number of anilines is 3. The van der Waals surface area contributed by atoms with Crippen molar-refractivity contribution in [3.05, 3.63) is 60.3 Å². The maximum absolute atomic E-state index is 9.70. The highest BCUT2D eigenvalue weighted by Gasteiger charge is 2.17. The van der Waals surface area contributed by atoms with Gasteiger partial charge in [0.25, 0.3) is 0 Å². The van der Waals surface area contributed by atoms with E-state index in [4.69, 9.17) is 4.74 Å². The highest BCUT2D eigenvalue weighted by Crippen LogP contribution is 2.28. The van der Waals surface area contributed by atoms with Gasteiger partial charge >= 0.3 is 0 Å². The molecule has 0 unspecified atom stereocenters. The number of benzene rings is 2. The first kappa shape index (κ1) is 23.1. The molecule has 2 aliphatic rings. The number of rotatable bonds is 6. The van der Waals surface area contributed by atoms with Gasteiger partial charge in [0.2, 0.25) is 5.95 Å². The van der Waals surface area contributed by atoms with Gasteiger partial charge in [-0.15, -0.1) is 0 Å². The molecule has 8 nitrogen and oxygen atoms in total. The van der Waals surface area contributed by atoms with Crippen LogP contribution in [0.1, 0.15) is 18.4 Å². The van der Waals surface area contributed by atoms with Crippen molar-refractivity contribution in [1.82, 2.24) is 20.2 Å². The molecule has 3 heterocycles. The van der Waals surface area contributed by atoms with Gasteiger partial charge in [-0.2, -0.15) is 5.26 Å². The van der Waals surface area contributed by atoms with Gasteiger partial charge in [0.05, 0.1) is 11.3 Å². The minimum Gasteiger partial charge on any atom is -0.489 e. The molecule has 0 aliphatic carbocycles. The van der Waals surface area contributed by atoms with E-state index < -0.39 is 0 Å². The lowest BCUT2D eigenvalue weighted by atomic mass is 10.1. The first-order valence-corrected chi connectivity index (χ1v) is 12.2. The van der Waals surface area contributed by atoms with Crippen LogP contribution in [0.4, 0.5) is 17.3 Å². The summed E-state index contributed by atoms with van der Waals surface area (Å²) in [7, 11) is 2.16. The molecule has 8 heteroatoms. The Morgan fingerprint density at radius 2 is 1.80 bits per heavy atom. The molecule has 35 heavy (non-hydrogen) atoms.